The van der Waals surface area contributed by atoms with Crippen molar-refractivity contribution in [2.45, 2.75) is 0 Å². The number of esters is 2. The van der Waals surface area contributed by atoms with E-state index in [2.05, 4.69) is 13.2 Å². The van der Waals surface area contributed by atoms with Gasteiger partial charge in [0.2, 0.25) is 0 Å². The molecule has 0 saturated carbocycles. The van der Waals surface area contributed by atoms with Gasteiger partial charge >= 0.3 is 11.9 Å². The lowest BCUT2D eigenvalue weighted by atomic mass is 10.6. The molecule has 0 N–H and O–H groups in total. The highest BCUT2D eigenvalue weighted by atomic mass is 16.6. The molecule has 25 heteroatoms. The SMILES string of the molecule is C=CC(=O)OCCOCCOCCOCCOCCOCCOCCOCCOCCOCCOCCOCCOCCOCCOCCOCCOCCOCCOCCOCCOCCOCCOC(=O)C=C. The lowest BCUT2D eigenvalue weighted by Gasteiger charge is -2.09. The van der Waals surface area contributed by atoms with Crippen LogP contribution in [0.25, 0.3) is 0 Å². The summed E-state index contributed by atoms with van der Waals surface area (Å²) in [5.74, 6) is -0.932. The van der Waals surface area contributed by atoms with Crippen LogP contribution in [0.3, 0.4) is 0 Å². The molecular formula is C50H94O25. The molecule has 0 atom stereocenters. The van der Waals surface area contributed by atoms with Crippen molar-refractivity contribution in [3.63, 3.8) is 0 Å². The summed E-state index contributed by atoms with van der Waals surface area (Å²) in [5.41, 5.74) is 0. The monoisotopic (exact) mass is 1090 g/mol. The zero-order chi connectivity index (χ0) is 53.9. The van der Waals surface area contributed by atoms with Crippen LogP contribution in [0, 0.1) is 0 Å². The molecule has 0 spiro atoms. The molecule has 25 nitrogen and oxygen atoms in total. The molecule has 0 rings (SSSR count). The molecule has 75 heavy (non-hydrogen) atoms. The molecule has 0 aliphatic rings. The van der Waals surface area contributed by atoms with Crippen LogP contribution in [-0.2, 0) is 119 Å². The second-order valence-electron chi connectivity index (χ2n) is 14.6. The maximum atomic E-state index is 10.9. The van der Waals surface area contributed by atoms with E-state index in [1.807, 2.05) is 0 Å². The van der Waals surface area contributed by atoms with Gasteiger partial charge in [-0.3, -0.25) is 0 Å². The van der Waals surface area contributed by atoms with Crippen molar-refractivity contribution >= 4 is 11.9 Å². The highest BCUT2D eigenvalue weighted by Gasteiger charge is 2.01. The first kappa shape index (κ1) is 72.6. The normalized spacial score (nSPS) is 11.4. The predicted octanol–water partition coefficient (Wildman–Crippen LogP) is 0.793. The van der Waals surface area contributed by atoms with Crippen molar-refractivity contribution in [2.75, 3.05) is 291 Å². The molecule has 0 aliphatic heterocycles. The predicted molar refractivity (Wildman–Crippen MR) is 270 cm³/mol. The highest BCUT2D eigenvalue weighted by molar-refractivity contribution is 5.81. The quantitative estimate of drug-likeness (QED) is 0.0464. The van der Waals surface area contributed by atoms with E-state index in [0.29, 0.717) is 277 Å². The number of rotatable bonds is 68. The lowest BCUT2D eigenvalue weighted by Crippen LogP contribution is -2.16. The van der Waals surface area contributed by atoms with E-state index in [9.17, 15) is 9.59 Å². The van der Waals surface area contributed by atoms with E-state index in [4.69, 9.17) is 109 Å². The van der Waals surface area contributed by atoms with Crippen molar-refractivity contribution in [1.82, 2.24) is 0 Å². The zero-order valence-corrected chi connectivity index (χ0v) is 44.9. The molecule has 0 heterocycles. The van der Waals surface area contributed by atoms with Crippen LogP contribution in [0.2, 0.25) is 0 Å². The van der Waals surface area contributed by atoms with Crippen LogP contribution in [0.15, 0.2) is 25.3 Å². The fraction of sp³-hybridized carbons (Fsp3) is 0.880. The summed E-state index contributed by atoms with van der Waals surface area (Å²) < 4.78 is 124. The third-order valence-corrected chi connectivity index (χ3v) is 8.72. The summed E-state index contributed by atoms with van der Waals surface area (Å²) in [6, 6.07) is 0. The fourth-order valence-corrected chi connectivity index (χ4v) is 5.02. The summed E-state index contributed by atoms with van der Waals surface area (Å²) in [6.07, 6.45) is 2.22. The molecule has 0 fully saturated rings. The minimum atomic E-state index is -0.466. The van der Waals surface area contributed by atoms with Crippen LogP contribution in [-0.4, -0.2) is 303 Å². The number of hydrogen-bond acceptors (Lipinski definition) is 25. The Kier molecular flexibility index (Phi) is 65.5. The Morgan fingerprint density at radius 1 is 0.173 bits per heavy atom. The van der Waals surface area contributed by atoms with Gasteiger partial charge in [-0.25, -0.2) is 9.59 Å². The van der Waals surface area contributed by atoms with Gasteiger partial charge in [-0.2, -0.15) is 0 Å². The molecule has 0 radical (unpaired) electrons. The summed E-state index contributed by atoms with van der Waals surface area (Å²) in [6.45, 7) is 26.5. The first-order chi connectivity index (χ1) is 37.2. The van der Waals surface area contributed by atoms with Crippen LogP contribution in [0.4, 0.5) is 0 Å². The molecular weight excluding hydrogens is 1000 g/mol. The van der Waals surface area contributed by atoms with Crippen molar-refractivity contribution in [1.29, 1.82) is 0 Å². The number of carbonyl (C=O) groups excluding carboxylic acids is 2. The third-order valence-electron chi connectivity index (χ3n) is 8.72. The Balaban J connectivity index is 3.09. The Bertz CT molecular complexity index is 1060. The Morgan fingerprint density at radius 2 is 0.253 bits per heavy atom. The van der Waals surface area contributed by atoms with Crippen molar-refractivity contribution in [3.05, 3.63) is 25.3 Å². The van der Waals surface area contributed by atoms with E-state index < -0.39 is 11.9 Å². The summed E-state index contributed by atoms with van der Waals surface area (Å²) >= 11 is 0. The first-order valence-electron chi connectivity index (χ1n) is 25.9. The van der Waals surface area contributed by atoms with E-state index in [1.54, 1.807) is 0 Å². The number of carbonyl (C=O) groups is 2. The van der Waals surface area contributed by atoms with Crippen LogP contribution in [0.5, 0.6) is 0 Å². The minimum absolute atomic E-state index is 0.189. The second-order valence-corrected chi connectivity index (χ2v) is 14.6. The highest BCUT2D eigenvalue weighted by Crippen LogP contribution is 1.91. The average Bonchev–Trinajstić information content (AvgIpc) is 3.42. The van der Waals surface area contributed by atoms with E-state index in [0.717, 1.165) is 12.2 Å². The largest absolute Gasteiger partial charge is 0.460 e. The van der Waals surface area contributed by atoms with Gasteiger partial charge in [-0.1, -0.05) is 13.2 Å². The topological polar surface area (TPSA) is 246 Å². The minimum Gasteiger partial charge on any atom is -0.460 e. The molecule has 0 saturated heterocycles. The van der Waals surface area contributed by atoms with Crippen molar-refractivity contribution in [3.8, 4) is 0 Å². The first-order valence-corrected chi connectivity index (χ1v) is 25.9. The second kappa shape index (κ2) is 67.7. The third kappa shape index (κ3) is 67.6. The summed E-state index contributed by atoms with van der Waals surface area (Å²) in [5, 5.41) is 0. The maximum Gasteiger partial charge on any atom is 0.330 e. The van der Waals surface area contributed by atoms with Gasteiger partial charge in [0.25, 0.3) is 0 Å². The molecule has 0 bridgehead atoms. The van der Waals surface area contributed by atoms with Crippen molar-refractivity contribution < 1.29 is 119 Å². The van der Waals surface area contributed by atoms with E-state index in [1.165, 1.54) is 0 Å². The van der Waals surface area contributed by atoms with Gasteiger partial charge in [-0.05, 0) is 0 Å². The zero-order valence-electron chi connectivity index (χ0n) is 44.9. The molecule has 0 amide bonds. The van der Waals surface area contributed by atoms with Crippen LogP contribution in [0.1, 0.15) is 0 Å². The van der Waals surface area contributed by atoms with Crippen LogP contribution < -0.4 is 0 Å². The lowest BCUT2D eigenvalue weighted by molar-refractivity contribution is -0.140. The fourth-order valence-electron chi connectivity index (χ4n) is 5.02. The maximum absolute atomic E-state index is 10.9. The van der Waals surface area contributed by atoms with Gasteiger partial charge in [-0.15, -0.1) is 0 Å². The average molecular weight is 1100 g/mol. The molecule has 444 valence electrons. The summed E-state index contributed by atoms with van der Waals surface area (Å²) in [7, 11) is 0. The standard InChI is InChI=1S/C50H94O25/c1-3-49(51)74-47-45-72-43-41-70-39-37-68-35-33-66-31-29-64-27-25-62-23-21-60-19-17-58-15-13-56-11-9-54-7-5-53-6-8-55-10-12-57-14-16-59-18-20-61-22-24-63-26-28-65-30-32-67-34-36-69-38-40-71-42-44-73-46-48-75-50(52)4-2/h3-4H,1-2,5-48H2. The van der Waals surface area contributed by atoms with Gasteiger partial charge in [0, 0.05) is 12.2 Å². The number of ether oxygens (including phenoxy) is 23. The van der Waals surface area contributed by atoms with Gasteiger partial charge in [0.1, 0.15) is 13.2 Å². The van der Waals surface area contributed by atoms with Gasteiger partial charge in [0.05, 0.1) is 277 Å². The molecule has 0 unspecified atom stereocenters. The van der Waals surface area contributed by atoms with Crippen LogP contribution >= 0.6 is 0 Å². The molecule has 0 aliphatic carbocycles. The van der Waals surface area contributed by atoms with E-state index in [-0.39, 0.29) is 13.2 Å². The van der Waals surface area contributed by atoms with Gasteiger partial charge in [0.15, 0.2) is 0 Å². The molecule has 0 aromatic carbocycles. The van der Waals surface area contributed by atoms with E-state index >= 15 is 0 Å². The van der Waals surface area contributed by atoms with Crippen molar-refractivity contribution in [2.24, 2.45) is 0 Å². The Morgan fingerprint density at radius 3 is 0.333 bits per heavy atom. The Hall–Kier alpha value is -2.42. The smallest absolute Gasteiger partial charge is 0.330 e. The summed E-state index contributed by atoms with van der Waals surface area (Å²) in [4.78, 5) is 21.8. The number of hydrogen-bond donors (Lipinski definition) is 0. The Labute approximate surface area is 445 Å². The van der Waals surface area contributed by atoms with Gasteiger partial charge < -0.3 is 109 Å². The molecule has 0 aromatic heterocycles. The molecule has 0 aromatic rings.